The first-order valence-electron chi connectivity index (χ1n) is 5.51. The van der Waals surface area contributed by atoms with Crippen molar-refractivity contribution in [3.8, 4) is 0 Å². The van der Waals surface area contributed by atoms with Gasteiger partial charge < -0.3 is 10.5 Å². The molecule has 1 heterocycles. The number of aromatic nitrogens is 1. The van der Waals surface area contributed by atoms with Crippen molar-refractivity contribution in [2.75, 3.05) is 7.11 Å². The number of rotatable bonds is 5. The molecule has 0 radical (unpaired) electrons. The van der Waals surface area contributed by atoms with Gasteiger partial charge in [-0.2, -0.15) is 0 Å². The van der Waals surface area contributed by atoms with Crippen LogP contribution >= 0.6 is 27.7 Å². The molecule has 0 fully saturated rings. The summed E-state index contributed by atoms with van der Waals surface area (Å²) < 4.78 is 5.63. The van der Waals surface area contributed by atoms with Crippen molar-refractivity contribution >= 4 is 33.7 Å². The van der Waals surface area contributed by atoms with E-state index >= 15 is 0 Å². The van der Waals surface area contributed by atoms with Crippen molar-refractivity contribution in [3.05, 3.63) is 22.8 Å². The number of nitrogens with two attached hydrogens (primary N) is 1. The third kappa shape index (κ3) is 4.26. The Morgan fingerprint density at radius 2 is 2.39 bits per heavy atom. The van der Waals surface area contributed by atoms with Crippen LogP contribution in [0.2, 0.25) is 0 Å². The Morgan fingerprint density at radius 3 is 2.94 bits per heavy atom. The van der Waals surface area contributed by atoms with Gasteiger partial charge in [0.2, 0.25) is 0 Å². The lowest BCUT2D eigenvalue weighted by Crippen LogP contribution is -2.47. The average Bonchev–Trinajstić information content (AvgIpc) is 2.30. The van der Waals surface area contributed by atoms with Crippen LogP contribution in [0, 0.1) is 0 Å². The summed E-state index contributed by atoms with van der Waals surface area (Å²) in [6.45, 7) is 3.70. The highest BCUT2D eigenvalue weighted by atomic mass is 79.9. The normalized spacial score (nSPS) is 15.8. The van der Waals surface area contributed by atoms with Crippen molar-refractivity contribution < 1.29 is 9.53 Å². The van der Waals surface area contributed by atoms with E-state index in [1.165, 1.54) is 7.11 Å². The van der Waals surface area contributed by atoms with E-state index in [4.69, 9.17) is 10.5 Å². The van der Waals surface area contributed by atoms with E-state index in [1.807, 2.05) is 19.1 Å². The zero-order valence-electron chi connectivity index (χ0n) is 10.6. The lowest BCUT2D eigenvalue weighted by atomic mass is 9.98. The SMILES string of the molecule is COC(=O)C(C)(N)CC(C)Sc1ncccc1Br. The summed E-state index contributed by atoms with van der Waals surface area (Å²) >= 11 is 5.02. The van der Waals surface area contributed by atoms with Crippen LogP contribution in [0.4, 0.5) is 0 Å². The standard InChI is InChI=1S/C12H17BrN2O2S/c1-8(7-12(2,14)11(16)17-3)18-10-9(13)5-4-6-15-10/h4-6,8H,7,14H2,1-3H3. The Hall–Kier alpha value is -0.590. The number of pyridine rings is 1. The zero-order valence-corrected chi connectivity index (χ0v) is 13.0. The maximum Gasteiger partial charge on any atom is 0.325 e. The summed E-state index contributed by atoms with van der Waals surface area (Å²) in [7, 11) is 1.35. The maximum atomic E-state index is 11.5. The highest BCUT2D eigenvalue weighted by Crippen LogP contribution is 2.31. The molecule has 0 aliphatic heterocycles. The number of carbonyl (C=O) groups excluding carboxylic acids is 1. The fraction of sp³-hybridized carbons (Fsp3) is 0.500. The lowest BCUT2D eigenvalue weighted by molar-refractivity contribution is -0.146. The summed E-state index contributed by atoms with van der Waals surface area (Å²) in [6, 6.07) is 3.80. The largest absolute Gasteiger partial charge is 0.468 e. The number of thioether (sulfide) groups is 1. The minimum absolute atomic E-state index is 0.158. The quantitative estimate of drug-likeness (QED) is 0.663. The fourth-order valence-electron chi connectivity index (χ4n) is 1.60. The molecule has 2 unspecified atom stereocenters. The van der Waals surface area contributed by atoms with Crippen LogP contribution in [0.15, 0.2) is 27.8 Å². The van der Waals surface area contributed by atoms with Crippen molar-refractivity contribution in [3.63, 3.8) is 0 Å². The van der Waals surface area contributed by atoms with Gasteiger partial charge >= 0.3 is 5.97 Å². The second-order valence-electron chi connectivity index (χ2n) is 4.33. The number of halogens is 1. The number of esters is 1. The van der Waals surface area contributed by atoms with Gasteiger partial charge in [-0.15, -0.1) is 11.8 Å². The molecule has 0 saturated carbocycles. The molecule has 0 spiro atoms. The number of hydrogen-bond donors (Lipinski definition) is 1. The van der Waals surface area contributed by atoms with E-state index in [9.17, 15) is 4.79 Å². The number of carbonyl (C=O) groups is 1. The molecule has 0 bridgehead atoms. The van der Waals surface area contributed by atoms with Crippen LogP contribution in [0.1, 0.15) is 20.3 Å². The molecule has 0 aliphatic carbocycles. The highest BCUT2D eigenvalue weighted by Gasteiger charge is 2.31. The first kappa shape index (κ1) is 15.5. The van der Waals surface area contributed by atoms with Gasteiger partial charge in [0.05, 0.1) is 7.11 Å². The number of methoxy groups -OCH3 is 1. The van der Waals surface area contributed by atoms with E-state index in [-0.39, 0.29) is 5.25 Å². The fourth-order valence-corrected chi connectivity index (χ4v) is 3.25. The average molecular weight is 333 g/mol. The molecule has 2 atom stereocenters. The predicted octanol–water partition coefficient (Wildman–Crippen LogP) is 2.61. The van der Waals surface area contributed by atoms with Gasteiger partial charge in [0, 0.05) is 15.9 Å². The van der Waals surface area contributed by atoms with Gasteiger partial charge in [-0.25, -0.2) is 4.98 Å². The van der Waals surface area contributed by atoms with Gasteiger partial charge in [0.25, 0.3) is 0 Å². The first-order chi connectivity index (χ1) is 8.36. The molecule has 0 aliphatic rings. The van der Waals surface area contributed by atoms with Crippen molar-refractivity contribution in [2.45, 2.75) is 36.1 Å². The Morgan fingerprint density at radius 1 is 1.72 bits per heavy atom. The molecule has 6 heteroatoms. The second-order valence-corrected chi connectivity index (χ2v) is 6.61. The molecular weight excluding hydrogens is 316 g/mol. The molecule has 1 aromatic heterocycles. The maximum absolute atomic E-state index is 11.5. The summed E-state index contributed by atoms with van der Waals surface area (Å²) in [5.41, 5.74) is 4.97. The lowest BCUT2D eigenvalue weighted by Gasteiger charge is -2.24. The first-order valence-corrected chi connectivity index (χ1v) is 7.18. The van der Waals surface area contributed by atoms with Crippen molar-refractivity contribution in [1.82, 2.24) is 4.98 Å². The minimum Gasteiger partial charge on any atom is -0.468 e. The molecule has 100 valence electrons. The summed E-state index contributed by atoms with van der Waals surface area (Å²) in [5, 5.41) is 1.05. The molecule has 0 amide bonds. The Balaban J connectivity index is 2.65. The van der Waals surface area contributed by atoms with Gasteiger partial charge in [0.15, 0.2) is 0 Å². The monoisotopic (exact) mass is 332 g/mol. The van der Waals surface area contributed by atoms with Crippen LogP contribution in [0.25, 0.3) is 0 Å². The molecule has 4 nitrogen and oxygen atoms in total. The van der Waals surface area contributed by atoms with E-state index in [1.54, 1.807) is 24.9 Å². The summed E-state index contributed by atoms with van der Waals surface area (Å²) in [4.78, 5) is 15.8. The number of hydrogen-bond acceptors (Lipinski definition) is 5. The molecule has 0 aromatic carbocycles. The minimum atomic E-state index is -0.970. The smallest absolute Gasteiger partial charge is 0.325 e. The van der Waals surface area contributed by atoms with Gasteiger partial charge in [0.1, 0.15) is 10.6 Å². The number of ether oxygens (including phenoxy) is 1. The molecular formula is C12H17BrN2O2S. The van der Waals surface area contributed by atoms with Crippen LogP contribution in [0.3, 0.4) is 0 Å². The van der Waals surface area contributed by atoms with Gasteiger partial charge in [-0.3, -0.25) is 4.79 Å². The van der Waals surface area contributed by atoms with Gasteiger partial charge in [-0.1, -0.05) is 6.92 Å². The Kier molecular flexibility index (Phi) is 5.62. The van der Waals surface area contributed by atoms with Crippen LogP contribution in [-0.4, -0.2) is 28.9 Å². The highest BCUT2D eigenvalue weighted by molar-refractivity contribution is 9.10. The second kappa shape index (κ2) is 6.54. The Labute approximate surface area is 120 Å². The third-order valence-electron chi connectivity index (χ3n) is 2.40. The van der Waals surface area contributed by atoms with Crippen LogP contribution in [-0.2, 0) is 9.53 Å². The summed E-state index contributed by atoms with van der Waals surface area (Å²) in [6.07, 6.45) is 2.26. The van der Waals surface area contributed by atoms with E-state index in [2.05, 4.69) is 20.9 Å². The van der Waals surface area contributed by atoms with Crippen LogP contribution < -0.4 is 5.73 Å². The zero-order chi connectivity index (χ0) is 13.8. The van der Waals surface area contributed by atoms with Crippen molar-refractivity contribution in [2.24, 2.45) is 5.73 Å². The van der Waals surface area contributed by atoms with E-state index in [0.717, 1.165) is 9.50 Å². The van der Waals surface area contributed by atoms with Crippen LogP contribution in [0.5, 0.6) is 0 Å². The topological polar surface area (TPSA) is 65.2 Å². The van der Waals surface area contributed by atoms with E-state index in [0.29, 0.717) is 6.42 Å². The number of nitrogens with zero attached hydrogens (tertiary/aromatic N) is 1. The summed E-state index contributed by atoms with van der Waals surface area (Å²) in [5.74, 6) is -0.393. The molecule has 2 N–H and O–H groups in total. The van der Waals surface area contributed by atoms with Gasteiger partial charge in [-0.05, 0) is 41.4 Å². The van der Waals surface area contributed by atoms with E-state index < -0.39 is 11.5 Å². The molecule has 1 aromatic rings. The van der Waals surface area contributed by atoms with Crippen molar-refractivity contribution in [1.29, 1.82) is 0 Å². The Bertz CT molecular complexity index is 426. The molecule has 0 saturated heterocycles. The third-order valence-corrected chi connectivity index (χ3v) is 4.42. The molecule has 18 heavy (non-hydrogen) atoms. The predicted molar refractivity (Wildman–Crippen MR) is 76.5 cm³/mol. The molecule has 1 rings (SSSR count).